The highest BCUT2D eigenvalue weighted by Crippen LogP contribution is 2.10. The fourth-order valence-corrected chi connectivity index (χ4v) is 1.54. The number of aliphatic imine (C=N–C) groups is 1. The molecule has 0 aliphatic carbocycles. The van der Waals surface area contributed by atoms with E-state index in [1.165, 1.54) is 12.1 Å². The Balaban J connectivity index is 1.91. The van der Waals surface area contributed by atoms with E-state index in [-0.39, 0.29) is 5.69 Å². The molecule has 4 nitrogen and oxygen atoms in total. The van der Waals surface area contributed by atoms with Gasteiger partial charge in [0.1, 0.15) is 6.54 Å². The monoisotopic (exact) mass is 264 g/mol. The third-order valence-electron chi connectivity index (χ3n) is 2.52. The number of rotatable bonds is 3. The minimum Gasteiger partial charge on any atom is -0.280 e. The van der Waals surface area contributed by atoms with E-state index in [4.69, 9.17) is 0 Å². The van der Waals surface area contributed by atoms with Gasteiger partial charge in [-0.15, -0.1) is 0 Å². The summed E-state index contributed by atoms with van der Waals surface area (Å²) in [7, 11) is 0. The zero-order valence-corrected chi connectivity index (χ0v) is 10.7. The Labute approximate surface area is 116 Å². The van der Waals surface area contributed by atoms with E-state index in [2.05, 4.69) is 16.8 Å². The van der Waals surface area contributed by atoms with Crippen LogP contribution in [0, 0.1) is 22.0 Å². The molecular weight excluding hydrogens is 252 g/mol. The van der Waals surface area contributed by atoms with Crippen LogP contribution in [0.15, 0.2) is 59.6 Å². The van der Waals surface area contributed by atoms with Crippen LogP contribution in [0.4, 0.5) is 5.69 Å². The van der Waals surface area contributed by atoms with Crippen LogP contribution in [-0.4, -0.2) is 17.7 Å². The van der Waals surface area contributed by atoms with Gasteiger partial charge in [0.25, 0.3) is 5.69 Å². The van der Waals surface area contributed by atoms with Crippen LogP contribution in [-0.2, 0) is 0 Å². The van der Waals surface area contributed by atoms with Gasteiger partial charge in [-0.3, -0.25) is 15.1 Å². The van der Waals surface area contributed by atoms with Gasteiger partial charge in [0, 0.05) is 23.9 Å². The van der Waals surface area contributed by atoms with Crippen molar-refractivity contribution in [1.29, 1.82) is 0 Å². The van der Waals surface area contributed by atoms with Crippen molar-refractivity contribution in [2.24, 2.45) is 4.99 Å². The van der Waals surface area contributed by atoms with Crippen LogP contribution in [0.3, 0.4) is 0 Å². The first-order valence-electron chi connectivity index (χ1n) is 6.04. The van der Waals surface area contributed by atoms with Crippen LogP contribution in [0.25, 0.3) is 0 Å². The first-order chi connectivity index (χ1) is 9.75. The summed E-state index contributed by atoms with van der Waals surface area (Å²) in [5.41, 5.74) is 1.85. The van der Waals surface area contributed by atoms with Crippen LogP contribution >= 0.6 is 0 Å². The van der Waals surface area contributed by atoms with E-state index in [1.807, 2.05) is 30.3 Å². The molecule has 0 aliphatic heterocycles. The number of nitro benzene ring substituents is 1. The summed E-state index contributed by atoms with van der Waals surface area (Å²) in [6.07, 6.45) is 1.66. The fraction of sp³-hybridized carbons (Fsp3) is 0.0625. The zero-order chi connectivity index (χ0) is 14.2. The standard InChI is InChI=1S/C16H12N2O2/c19-18(20)16-10-8-15(9-11-16)13-17-12-4-7-14-5-2-1-3-6-14/h1-3,5-6,8-11,13H,12H2/b17-13+. The molecule has 2 aromatic carbocycles. The second kappa shape index (κ2) is 6.86. The Kier molecular flexibility index (Phi) is 4.63. The summed E-state index contributed by atoms with van der Waals surface area (Å²) in [6, 6.07) is 15.9. The van der Waals surface area contributed by atoms with Crippen LogP contribution in [0.5, 0.6) is 0 Å². The average molecular weight is 264 g/mol. The van der Waals surface area contributed by atoms with Gasteiger partial charge in [0.05, 0.1) is 4.92 Å². The van der Waals surface area contributed by atoms with Crippen LogP contribution in [0.2, 0.25) is 0 Å². The second-order valence-electron chi connectivity index (χ2n) is 3.99. The number of nitro groups is 1. The number of hydrogen-bond acceptors (Lipinski definition) is 3. The molecule has 0 N–H and O–H groups in total. The Bertz CT molecular complexity index is 665. The summed E-state index contributed by atoms with van der Waals surface area (Å²) in [5.74, 6) is 5.95. The van der Waals surface area contributed by atoms with E-state index in [0.29, 0.717) is 6.54 Å². The number of hydrogen-bond donors (Lipinski definition) is 0. The number of nitrogens with zero attached hydrogens (tertiary/aromatic N) is 2. The van der Waals surface area contributed by atoms with Crippen molar-refractivity contribution in [2.45, 2.75) is 0 Å². The fourth-order valence-electron chi connectivity index (χ4n) is 1.54. The molecule has 0 aliphatic rings. The van der Waals surface area contributed by atoms with Gasteiger partial charge >= 0.3 is 0 Å². The quantitative estimate of drug-likeness (QED) is 0.370. The molecule has 98 valence electrons. The molecule has 20 heavy (non-hydrogen) atoms. The summed E-state index contributed by atoms with van der Waals surface area (Å²) >= 11 is 0. The van der Waals surface area contributed by atoms with Crippen molar-refractivity contribution in [3.8, 4) is 11.8 Å². The highest BCUT2D eigenvalue weighted by atomic mass is 16.6. The summed E-state index contributed by atoms with van der Waals surface area (Å²) in [5, 5.41) is 10.5. The van der Waals surface area contributed by atoms with Gasteiger partial charge in [-0.25, -0.2) is 0 Å². The normalized spacial score (nSPS) is 10.0. The largest absolute Gasteiger partial charge is 0.280 e. The van der Waals surface area contributed by atoms with E-state index in [0.717, 1.165) is 11.1 Å². The van der Waals surface area contributed by atoms with E-state index in [9.17, 15) is 10.1 Å². The molecular formula is C16H12N2O2. The molecule has 0 saturated heterocycles. The SMILES string of the molecule is O=[N+]([O-])c1ccc(/C=N/CC#Cc2ccccc2)cc1. The third kappa shape index (κ3) is 4.07. The van der Waals surface area contributed by atoms with E-state index >= 15 is 0 Å². The predicted octanol–water partition coefficient (Wildman–Crippen LogP) is 3.07. The topological polar surface area (TPSA) is 55.5 Å². The van der Waals surface area contributed by atoms with Gasteiger partial charge in [-0.2, -0.15) is 0 Å². The first kappa shape index (κ1) is 13.5. The second-order valence-corrected chi connectivity index (χ2v) is 3.99. The molecule has 0 amide bonds. The maximum Gasteiger partial charge on any atom is 0.269 e. The van der Waals surface area contributed by atoms with Crippen LogP contribution < -0.4 is 0 Å². The van der Waals surface area contributed by atoms with Crippen molar-refractivity contribution in [3.63, 3.8) is 0 Å². The molecule has 0 saturated carbocycles. The average Bonchev–Trinajstić information content (AvgIpc) is 2.48. The summed E-state index contributed by atoms with van der Waals surface area (Å²) in [4.78, 5) is 14.2. The predicted molar refractivity (Wildman–Crippen MR) is 78.9 cm³/mol. The van der Waals surface area contributed by atoms with Crippen molar-refractivity contribution in [2.75, 3.05) is 6.54 Å². The van der Waals surface area contributed by atoms with E-state index < -0.39 is 4.92 Å². The number of benzene rings is 2. The van der Waals surface area contributed by atoms with Crippen molar-refractivity contribution >= 4 is 11.9 Å². The molecule has 0 heterocycles. The highest BCUT2D eigenvalue weighted by Gasteiger charge is 2.01. The van der Waals surface area contributed by atoms with Crippen LogP contribution in [0.1, 0.15) is 11.1 Å². The molecule has 0 unspecified atom stereocenters. The molecule has 0 radical (unpaired) electrons. The Morgan fingerprint density at radius 3 is 2.45 bits per heavy atom. The highest BCUT2D eigenvalue weighted by molar-refractivity contribution is 5.80. The third-order valence-corrected chi connectivity index (χ3v) is 2.52. The zero-order valence-electron chi connectivity index (χ0n) is 10.7. The lowest BCUT2D eigenvalue weighted by Crippen LogP contribution is -1.88. The van der Waals surface area contributed by atoms with Gasteiger partial charge in [-0.05, 0) is 29.8 Å². The molecule has 0 fully saturated rings. The van der Waals surface area contributed by atoms with Crippen molar-refractivity contribution < 1.29 is 4.92 Å². The summed E-state index contributed by atoms with van der Waals surface area (Å²) < 4.78 is 0. The summed E-state index contributed by atoms with van der Waals surface area (Å²) in [6.45, 7) is 0.395. The van der Waals surface area contributed by atoms with Gasteiger partial charge in [0.15, 0.2) is 0 Å². The molecule has 2 rings (SSSR count). The minimum absolute atomic E-state index is 0.0750. The maximum absolute atomic E-state index is 10.5. The van der Waals surface area contributed by atoms with Gasteiger partial charge in [0.2, 0.25) is 0 Å². The van der Waals surface area contributed by atoms with Gasteiger partial charge in [-0.1, -0.05) is 30.0 Å². The van der Waals surface area contributed by atoms with Crippen molar-refractivity contribution in [3.05, 3.63) is 75.8 Å². The number of non-ortho nitro benzene ring substituents is 1. The lowest BCUT2D eigenvalue weighted by Gasteiger charge is -1.92. The molecule has 4 heteroatoms. The van der Waals surface area contributed by atoms with E-state index in [1.54, 1.807) is 18.3 Å². The molecule has 0 bridgehead atoms. The smallest absolute Gasteiger partial charge is 0.269 e. The molecule has 0 atom stereocenters. The first-order valence-corrected chi connectivity index (χ1v) is 6.04. The molecule has 2 aromatic rings. The lowest BCUT2D eigenvalue weighted by molar-refractivity contribution is -0.384. The Hall–Kier alpha value is -2.93. The van der Waals surface area contributed by atoms with Gasteiger partial charge < -0.3 is 0 Å². The lowest BCUT2D eigenvalue weighted by atomic mass is 10.2. The maximum atomic E-state index is 10.5. The Morgan fingerprint density at radius 2 is 1.80 bits per heavy atom. The minimum atomic E-state index is -0.424. The Morgan fingerprint density at radius 1 is 1.10 bits per heavy atom. The molecule has 0 spiro atoms. The molecule has 0 aromatic heterocycles. The van der Waals surface area contributed by atoms with Crippen molar-refractivity contribution in [1.82, 2.24) is 0 Å².